The molecule has 2 aromatic rings. The van der Waals surface area contributed by atoms with Crippen LogP contribution in [0.2, 0.25) is 0 Å². The summed E-state index contributed by atoms with van der Waals surface area (Å²) in [7, 11) is 1.46. The average molecular weight is 372 g/mol. The van der Waals surface area contributed by atoms with Crippen LogP contribution < -0.4 is 5.32 Å². The van der Waals surface area contributed by atoms with E-state index < -0.39 is 0 Å². The number of esters is 1. The fourth-order valence-electron chi connectivity index (χ4n) is 3.40. The molecule has 0 amide bonds. The summed E-state index contributed by atoms with van der Waals surface area (Å²) in [6, 6.07) is 5.90. The molecule has 3 rings (SSSR count). The zero-order valence-electron chi connectivity index (χ0n) is 16.1. The van der Waals surface area contributed by atoms with Crippen LogP contribution in [0.5, 0.6) is 0 Å². The maximum atomic E-state index is 11.7. The molecule has 2 aromatic heterocycles. The van der Waals surface area contributed by atoms with Crippen molar-refractivity contribution < 1.29 is 9.53 Å². The molecule has 0 bridgehead atoms. The molecule has 3 heterocycles. The normalized spacial score (nSPS) is 15.9. The molecule has 0 aliphatic carbocycles. The van der Waals surface area contributed by atoms with Crippen LogP contribution in [0.1, 0.15) is 32.0 Å². The second-order valence-corrected chi connectivity index (χ2v) is 6.67. The predicted octanol–water partition coefficient (Wildman–Crippen LogP) is 1.51. The Bertz CT molecular complexity index is 779. The maximum Gasteiger partial charge on any atom is 0.308 e. The summed E-state index contributed by atoms with van der Waals surface area (Å²) in [5.41, 5.74) is 0.873. The summed E-state index contributed by atoms with van der Waals surface area (Å²) >= 11 is 0. The van der Waals surface area contributed by atoms with E-state index in [1.54, 1.807) is 0 Å². The van der Waals surface area contributed by atoms with Crippen LogP contribution in [0, 0.1) is 5.92 Å². The molecule has 27 heavy (non-hydrogen) atoms. The molecular formula is C19H28N6O2. The number of ether oxygens (including phenoxy) is 1. The van der Waals surface area contributed by atoms with Gasteiger partial charge in [-0.25, -0.2) is 0 Å². The van der Waals surface area contributed by atoms with E-state index >= 15 is 0 Å². The number of hydrogen-bond donors (Lipinski definition) is 1. The Morgan fingerprint density at radius 2 is 2.15 bits per heavy atom. The third-order valence-electron chi connectivity index (χ3n) is 4.87. The highest BCUT2D eigenvalue weighted by molar-refractivity contribution is 5.80. The molecule has 146 valence electrons. The molecule has 1 aliphatic rings. The standard InChI is InChI=1S/C19H28N6O2/c1-3-20-19(24-13-9-15(10-14-24)18(26)27-2)21-11-6-8-17-23-22-16-7-4-5-12-25(16)17/h4-5,7,12,15H,3,6,8-11,13-14H2,1-2H3,(H,20,21). The van der Waals surface area contributed by atoms with Crippen molar-refractivity contribution in [3.63, 3.8) is 0 Å². The van der Waals surface area contributed by atoms with Crippen LogP contribution in [-0.4, -0.2) is 64.7 Å². The van der Waals surface area contributed by atoms with Crippen molar-refractivity contribution >= 4 is 17.6 Å². The minimum absolute atomic E-state index is 0.00958. The van der Waals surface area contributed by atoms with E-state index in [1.807, 2.05) is 28.8 Å². The highest BCUT2D eigenvalue weighted by atomic mass is 16.5. The molecule has 0 spiro atoms. The van der Waals surface area contributed by atoms with Crippen LogP contribution in [-0.2, 0) is 16.0 Å². The highest BCUT2D eigenvalue weighted by Gasteiger charge is 2.26. The van der Waals surface area contributed by atoms with E-state index in [1.165, 1.54) is 7.11 Å². The zero-order valence-corrected chi connectivity index (χ0v) is 16.1. The molecular weight excluding hydrogens is 344 g/mol. The molecule has 1 saturated heterocycles. The SMILES string of the molecule is CCNC(=NCCCc1nnc2ccccn12)N1CCC(C(=O)OC)CC1. The van der Waals surface area contributed by atoms with Gasteiger partial charge in [-0.2, -0.15) is 0 Å². The van der Waals surface area contributed by atoms with Gasteiger partial charge in [0.25, 0.3) is 0 Å². The molecule has 0 saturated carbocycles. The monoisotopic (exact) mass is 372 g/mol. The van der Waals surface area contributed by atoms with Crippen molar-refractivity contribution in [1.29, 1.82) is 0 Å². The Kier molecular flexibility index (Phi) is 6.62. The lowest BCUT2D eigenvalue weighted by atomic mass is 9.97. The van der Waals surface area contributed by atoms with Gasteiger partial charge in [-0.1, -0.05) is 6.07 Å². The van der Waals surface area contributed by atoms with Crippen molar-refractivity contribution in [3.8, 4) is 0 Å². The summed E-state index contributed by atoms with van der Waals surface area (Å²) in [6.07, 6.45) is 5.34. The quantitative estimate of drug-likeness (QED) is 0.358. The summed E-state index contributed by atoms with van der Waals surface area (Å²) in [6.45, 7) is 5.26. The molecule has 0 radical (unpaired) electrons. The number of hydrogen-bond acceptors (Lipinski definition) is 5. The number of fused-ring (bicyclic) bond motifs is 1. The van der Waals surface area contributed by atoms with E-state index in [0.717, 1.165) is 69.3 Å². The molecule has 1 aliphatic heterocycles. The first-order chi connectivity index (χ1) is 13.2. The zero-order chi connectivity index (χ0) is 19.1. The number of piperidine rings is 1. The number of nitrogens with zero attached hydrogens (tertiary/aromatic N) is 5. The van der Waals surface area contributed by atoms with Gasteiger partial charge < -0.3 is 15.0 Å². The van der Waals surface area contributed by atoms with Gasteiger partial charge >= 0.3 is 5.97 Å². The molecule has 1 N–H and O–H groups in total. The number of carbonyl (C=O) groups is 1. The Balaban J connectivity index is 1.52. The summed E-state index contributed by atoms with van der Waals surface area (Å²) < 4.78 is 6.88. The summed E-state index contributed by atoms with van der Waals surface area (Å²) in [4.78, 5) is 18.7. The number of nitrogens with one attached hydrogen (secondary N) is 1. The van der Waals surface area contributed by atoms with Gasteiger partial charge in [-0.05, 0) is 38.3 Å². The lowest BCUT2D eigenvalue weighted by molar-refractivity contribution is -0.146. The van der Waals surface area contributed by atoms with Crippen molar-refractivity contribution in [2.45, 2.75) is 32.6 Å². The molecule has 1 fully saturated rings. The number of aliphatic imine (C=N–C) groups is 1. The Hall–Kier alpha value is -2.64. The first-order valence-corrected chi connectivity index (χ1v) is 9.62. The van der Waals surface area contributed by atoms with Gasteiger partial charge in [0.05, 0.1) is 13.0 Å². The number of aryl methyl sites for hydroxylation is 1. The second kappa shape index (κ2) is 9.34. The summed E-state index contributed by atoms with van der Waals surface area (Å²) in [5.74, 6) is 1.80. The van der Waals surface area contributed by atoms with Crippen molar-refractivity contribution in [1.82, 2.24) is 24.8 Å². The van der Waals surface area contributed by atoms with E-state index in [-0.39, 0.29) is 11.9 Å². The number of methoxy groups -OCH3 is 1. The van der Waals surface area contributed by atoms with Crippen LogP contribution in [0.15, 0.2) is 29.4 Å². The van der Waals surface area contributed by atoms with Crippen LogP contribution in [0.3, 0.4) is 0 Å². The third kappa shape index (κ3) is 4.75. The van der Waals surface area contributed by atoms with Gasteiger partial charge in [0, 0.05) is 38.8 Å². The van der Waals surface area contributed by atoms with Crippen molar-refractivity contribution in [2.75, 3.05) is 33.3 Å². The number of guanidine groups is 1. The van der Waals surface area contributed by atoms with Crippen LogP contribution >= 0.6 is 0 Å². The first kappa shape index (κ1) is 19.1. The predicted molar refractivity (Wildman–Crippen MR) is 104 cm³/mol. The fourth-order valence-corrected chi connectivity index (χ4v) is 3.40. The van der Waals surface area contributed by atoms with E-state index in [4.69, 9.17) is 9.73 Å². The fraction of sp³-hybridized carbons (Fsp3) is 0.579. The summed E-state index contributed by atoms with van der Waals surface area (Å²) in [5, 5.41) is 11.8. The average Bonchev–Trinajstić information content (AvgIpc) is 3.13. The minimum Gasteiger partial charge on any atom is -0.469 e. The van der Waals surface area contributed by atoms with E-state index in [0.29, 0.717) is 0 Å². The van der Waals surface area contributed by atoms with Crippen LogP contribution in [0.4, 0.5) is 0 Å². The van der Waals surface area contributed by atoms with E-state index in [2.05, 4.69) is 27.3 Å². The van der Waals surface area contributed by atoms with Gasteiger partial charge in [0.1, 0.15) is 5.82 Å². The third-order valence-corrected chi connectivity index (χ3v) is 4.87. The minimum atomic E-state index is -0.0999. The largest absolute Gasteiger partial charge is 0.469 e. The smallest absolute Gasteiger partial charge is 0.308 e. The van der Waals surface area contributed by atoms with Crippen molar-refractivity contribution in [2.24, 2.45) is 10.9 Å². The molecule has 0 aromatic carbocycles. The lowest BCUT2D eigenvalue weighted by Crippen LogP contribution is -2.46. The molecule has 0 unspecified atom stereocenters. The Morgan fingerprint density at radius 1 is 1.33 bits per heavy atom. The molecule has 8 heteroatoms. The number of pyridine rings is 1. The highest BCUT2D eigenvalue weighted by Crippen LogP contribution is 2.18. The lowest BCUT2D eigenvalue weighted by Gasteiger charge is -2.33. The first-order valence-electron chi connectivity index (χ1n) is 9.62. The molecule has 0 atom stereocenters. The van der Waals surface area contributed by atoms with Crippen molar-refractivity contribution in [3.05, 3.63) is 30.2 Å². The second-order valence-electron chi connectivity index (χ2n) is 6.67. The van der Waals surface area contributed by atoms with Gasteiger partial charge in [0.2, 0.25) is 0 Å². The number of likely N-dealkylation sites (tertiary alicyclic amines) is 1. The van der Waals surface area contributed by atoms with Gasteiger partial charge in [0.15, 0.2) is 11.6 Å². The van der Waals surface area contributed by atoms with Gasteiger partial charge in [-0.3, -0.25) is 14.2 Å². The topological polar surface area (TPSA) is 84.1 Å². The Labute approximate surface area is 159 Å². The van der Waals surface area contributed by atoms with E-state index in [9.17, 15) is 4.79 Å². The maximum absolute atomic E-state index is 11.7. The van der Waals surface area contributed by atoms with Crippen LogP contribution in [0.25, 0.3) is 5.65 Å². The Morgan fingerprint density at radius 3 is 2.89 bits per heavy atom. The molecule has 8 nitrogen and oxygen atoms in total. The number of aromatic nitrogens is 3. The number of rotatable bonds is 6. The van der Waals surface area contributed by atoms with Gasteiger partial charge in [-0.15, -0.1) is 10.2 Å². The number of carbonyl (C=O) groups excluding carboxylic acids is 1.